The Bertz CT molecular complexity index is 1180. The molecular weight excluding hydrogens is 418 g/mol. The number of rotatable bonds is 6. The molecule has 3 nitrogen and oxygen atoms in total. The highest BCUT2D eigenvalue weighted by Gasteiger charge is 2.24. The van der Waals surface area contributed by atoms with E-state index < -0.39 is 0 Å². The van der Waals surface area contributed by atoms with Crippen molar-refractivity contribution in [3.8, 4) is 0 Å². The van der Waals surface area contributed by atoms with Crippen LogP contribution in [-0.4, -0.2) is 32.1 Å². The van der Waals surface area contributed by atoms with Crippen LogP contribution in [0.4, 0.5) is 5.69 Å². The second-order valence-electron chi connectivity index (χ2n) is 8.25. The van der Waals surface area contributed by atoms with Gasteiger partial charge in [0, 0.05) is 30.1 Å². The lowest BCUT2D eigenvalue weighted by Crippen LogP contribution is -2.28. The fourth-order valence-electron chi connectivity index (χ4n) is 3.63. The van der Waals surface area contributed by atoms with Crippen molar-refractivity contribution in [2.45, 2.75) is 18.7 Å². The predicted octanol–water partition coefficient (Wildman–Crippen LogP) is 5.93. The molecule has 0 amide bonds. The Hall–Kier alpha value is -2.34. The molecule has 0 N–H and O–H groups in total. The summed E-state index contributed by atoms with van der Waals surface area (Å²) in [4.78, 5) is 6.02. The Kier molecular flexibility index (Phi) is 6.65. The van der Waals surface area contributed by atoms with Gasteiger partial charge in [0.1, 0.15) is 11.7 Å². The number of hydrogen-bond donors (Lipinski definition) is 0. The average Bonchev–Trinajstić information content (AvgIpc) is 3.22. The van der Waals surface area contributed by atoms with Crippen molar-refractivity contribution in [3.63, 3.8) is 0 Å². The molecule has 0 saturated heterocycles. The van der Waals surface area contributed by atoms with Crippen LogP contribution in [0.2, 0.25) is 0 Å². The molecule has 0 saturated carbocycles. The molecule has 5 heteroatoms. The molecule has 0 aliphatic carbocycles. The highest BCUT2D eigenvalue weighted by molar-refractivity contribution is 8.03. The van der Waals surface area contributed by atoms with Crippen molar-refractivity contribution in [2.75, 3.05) is 32.1 Å². The quantitative estimate of drug-likeness (QED) is 0.342. The van der Waals surface area contributed by atoms with Gasteiger partial charge in [0.25, 0.3) is 5.01 Å². The van der Waals surface area contributed by atoms with Gasteiger partial charge in [-0.1, -0.05) is 53.5 Å². The number of allylic oxidation sites excluding steroid dienone is 4. The van der Waals surface area contributed by atoms with E-state index in [1.807, 2.05) is 23.1 Å². The summed E-state index contributed by atoms with van der Waals surface area (Å²) in [6.07, 6.45) is 10.8. The van der Waals surface area contributed by atoms with Crippen molar-refractivity contribution in [1.29, 1.82) is 0 Å². The molecule has 3 aromatic rings. The maximum absolute atomic E-state index is 2.43. The van der Waals surface area contributed by atoms with Crippen LogP contribution < -0.4 is 9.47 Å². The number of benzene rings is 2. The largest absolute Gasteiger partial charge is 0.334 e. The SMILES string of the molecule is Cc1ccc2c(c1)SC(=CC=CC=Cc1sc3cc(C)ccc3[n+]1C)N2CCN(C)C. The second kappa shape index (κ2) is 9.43. The molecule has 0 spiro atoms. The number of thioether (sulfide) groups is 1. The van der Waals surface area contributed by atoms with Gasteiger partial charge in [0.05, 0.1) is 10.7 Å². The summed E-state index contributed by atoms with van der Waals surface area (Å²) in [6, 6.07) is 13.4. The molecule has 1 aliphatic heterocycles. The van der Waals surface area contributed by atoms with Crippen LogP contribution in [0, 0.1) is 13.8 Å². The molecule has 1 aliphatic rings. The monoisotopic (exact) mass is 448 g/mol. The zero-order valence-electron chi connectivity index (χ0n) is 18.9. The first kappa shape index (κ1) is 21.9. The summed E-state index contributed by atoms with van der Waals surface area (Å²) >= 11 is 3.70. The van der Waals surface area contributed by atoms with Gasteiger partial charge in [-0.25, -0.2) is 0 Å². The van der Waals surface area contributed by atoms with Crippen molar-refractivity contribution < 1.29 is 4.57 Å². The van der Waals surface area contributed by atoms with Crippen LogP contribution in [0.1, 0.15) is 16.1 Å². The zero-order chi connectivity index (χ0) is 22.0. The summed E-state index contributed by atoms with van der Waals surface area (Å²) in [5.74, 6) is 0. The first-order chi connectivity index (χ1) is 14.9. The van der Waals surface area contributed by atoms with Crippen LogP contribution in [0.25, 0.3) is 16.3 Å². The molecule has 0 fully saturated rings. The minimum Gasteiger partial charge on any atom is -0.334 e. The summed E-state index contributed by atoms with van der Waals surface area (Å²) in [5, 5.41) is 2.54. The highest BCUT2D eigenvalue weighted by Crippen LogP contribution is 2.46. The first-order valence-electron chi connectivity index (χ1n) is 10.6. The Morgan fingerprint density at radius 1 is 1.00 bits per heavy atom. The average molecular weight is 449 g/mol. The third-order valence-electron chi connectivity index (χ3n) is 5.38. The standard InChI is InChI=1S/C26H30N3S2/c1-19-11-13-21-23(17-19)30-25(28(21)5)9-7-6-8-10-26-29(16-15-27(3)4)22-14-12-20(2)18-24(22)31-26/h6-14,17-18H,15-16H2,1-5H3/q+1. The normalized spacial score (nSPS) is 15.4. The molecule has 0 radical (unpaired) electrons. The van der Waals surface area contributed by atoms with Gasteiger partial charge in [-0.2, -0.15) is 4.57 Å². The minimum absolute atomic E-state index is 0.989. The Morgan fingerprint density at radius 2 is 1.77 bits per heavy atom. The summed E-state index contributed by atoms with van der Waals surface area (Å²) in [5.41, 5.74) is 5.22. The van der Waals surface area contributed by atoms with E-state index in [4.69, 9.17) is 0 Å². The van der Waals surface area contributed by atoms with Gasteiger partial charge >= 0.3 is 0 Å². The summed E-state index contributed by atoms with van der Waals surface area (Å²) in [6.45, 7) is 6.32. The van der Waals surface area contributed by atoms with Crippen LogP contribution >= 0.6 is 23.1 Å². The molecule has 31 heavy (non-hydrogen) atoms. The Labute approximate surface area is 194 Å². The molecule has 2 aromatic carbocycles. The maximum atomic E-state index is 2.43. The van der Waals surface area contributed by atoms with E-state index in [0.717, 1.165) is 13.1 Å². The number of aryl methyl sites for hydroxylation is 3. The first-order valence-corrected chi connectivity index (χ1v) is 12.2. The number of nitrogens with zero attached hydrogens (tertiary/aromatic N) is 3. The van der Waals surface area contributed by atoms with E-state index >= 15 is 0 Å². The van der Waals surface area contributed by atoms with E-state index in [1.54, 1.807) is 0 Å². The van der Waals surface area contributed by atoms with Crippen molar-refractivity contribution >= 4 is 45.1 Å². The van der Waals surface area contributed by atoms with Gasteiger partial charge in [-0.05, 0) is 63.3 Å². The molecule has 160 valence electrons. The molecule has 0 bridgehead atoms. The van der Waals surface area contributed by atoms with Gasteiger partial charge < -0.3 is 9.80 Å². The van der Waals surface area contributed by atoms with E-state index in [0.29, 0.717) is 0 Å². The second-order valence-corrected chi connectivity index (χ2v) is 10.4. The van der Waals surface area contributed by atoms with Crippen LogP contribution in [0.5, 0.6) is 0 Å². The molecule has 2 heterocycles. The molecule has 0 atom stereocenters. The fourth-order valence-corrected chi connectivity index (χ4v) is 5.99. The van der Waals surface area contributed by atoms with Crippen LogP contribution in [0.15, 0.2) is 70.6 Å². The summed E-state index contributed by atoms with van der Waals surface area (Å²) in [7, 11) is 6.39. The number of likely N-dealkylation sites (N-methyl/N-ethyl adjacent to an activating group) is 1. The number of thiazole rings is 1. The summed E-state index contributed by atoms with van der Waals surface area (Å²) < 4.78 is 3.59. The van der Waals surface area contributed by atoms with Gasteiger partial charge in [0.15, 0.2) is 0 Å². The number of aromatic nitrogens is 1. The van der Waals surface area contributed by atoms with Crippen molar-refractivity contribution in [1.82, 2.24) is 4.90 Å². The fraction of sp³-hybridized carbons (Fsp3) is 0.269. The lowest BCUT2D eigenvalue weighted by Gasteiger charge is -2.22. The molecule has 1 aromatic heterocycles. The molecule has 4 rings (SSSR count). The third kappa shape index (κ3) is 4.95. The lowest BCUT2D eigenvalue weighted by molar-refractivity contribution is -0.642. The number of fused-ring (bicyclic) bond motifs is 2. The van der Waals surface area contributed by atoms with Crippen LogP contribution in [0.3, 0.4) is 0 Å². The van der Waals surface area contributed by atoms with E-state index in [1.165, 1.54) is 42.0 Å². The molecule has 0 unspecified atom stereocenters. The number of anilines is 1. The van der Waals surface area contributed by atoms with Gasteiger partial charge in [-0.15, -0.1) is 0 Å². The number of hydrogen-bond acceptors (Lipinski definition) is 4. The Balaban J connectivity index is 1.51. The van der Waals surface area contributed by atoms with E-state index in [9.17, 15) is 0 Å². The zero-order valence-corrected chi connectivity index (χ0v) is 20.6. The Morgan fingerprint density at radius 3 is 2.58 bits per heavy atom. The third-order valence-corrected chi connectivity index (χ3v) is 7.66. The van der Waals surface area contributed by atoms with Crippen molar-refractivity contribution in [3.05, 3.63) is 81.9 Å². The van der Waals surface area contributed by atoms with Crippen LogP contribution in [-0.2, 0) is 7.05 Å². The van der Waals surface area contributed by atoms with E-state index in [2.05, 4.69) is 116 Å². The lowest BCUT2D eigenvalue weighted by atomic mass is 10.2. The topological polar surface area (TPSA) is 10.4 Å². The highest BCUT2D eigenvalue weighted by atomic mass is 32.2. The van der Waals surface area contributed by atoms with Crippen molar-refractivity contribution in [2.24, 2.45) is 7.05 Å². The molecular formula is C26H30N3S2+. The van der Waals surface area contributed by atoms with Gasteiger partial charge in [-0.3, -0.25) is 0 Å². The maximum Gasteiger partial charge on any atom is 0.262 e. The smallest absolute Gasteiger partial charge is 0.262 e. The van der Waals surface area contributed by atoms with Gasteiger partial charge in [0.2, 0.25) is 5.52 Å². The minimum atomic E-state index is 0.989. The van der Waals surface area contributed by atoms with E-state index in [-0.39, 0.29) is 0 Å². The predicted molar refractivity (Wildman–Crippen MR) is 137 cm³/mol.